The molecule has 0 aliphatic heterocycles. The Morgan fingerprint density at radius 3 is 2.70 bits per heavy atom. The minimum Gasteiger partial charge on any atom is -0.496 e. The molecular formula is C16H21NO3. The molecule has 0 heterocycles. The van der Waals surface area contributed by atoms with Gasteiger partial charge in [-0.15, -0.1) is 0 Å². The standard InChI is InChI=1S/C16H21NO3/c1-20-15-5-3-2-4-14(15)11-17-10-12-6-8-13(9-7-12)16(18)19/h2-5,11-13H,6-10H2,1H3,(H,18,19). The maximum atomic E-state index is 10.9. The summed E-state index contributed by atoms with van der Waals surface area (Å²) < 4.78 is 5.27. The summed E-state index contributed by atoms with van der Waals surface area (Å²) >= 11 is 0. The largest absolute Gasteiger partial charge is 0.496 e. The van der Waals surface area contributed by atoms with Crippen molar-refractivity contribution in [2.24, 2.45) is 16.8 Å². The Morgan fingerprint density at radius 2 is 2.05 bits per heavy atom. The normalized spacial score (nSPS) is 22.9. The average Bonchev–Trinajstić information content (AvgIpc) is 2.48. The van der Waals surface area contributed by atoms with Gasteiger partial charge in [0.25, 0.3) is 0 Å². The highest BCUT2D eigenvalue weighted by Gasteiger charge is 2.25. The van der Waals surface area contributed by atoms with E-state index < -0.39 is 5.97 Å². The molecule has 108 valence electrons. The summed E-state index contributed by atoms with van der Waals surface area (Å²) in [5.74, 6) is 0.535. The molecule has 4 nitrogen and oxygen atoms in total. The van der Waals surface area contributed by atoms with E-state index in [-0.39, 0.29) is 5.92 Å². The van der Waals surface area contributed by atoms with Crippen LogP contribution in [-0.4, -0.2) is 30.9 Å². The van der Waals surface area contributed by atoms with Crippen LogP contribution in [0.2, 0.25) is 0 Å². The Balaban J connectivity index is 1.84. The number of aliphatic imine (C=N–C) groups is 1. The summed E-state index contributed by atoms with van der Waals surface area (Å²) in [7, 11) is 1.65. The van der Waals surface area contributed by atoms with Gasteiger partial charge in [-0.25, -0.2) is 0 Å². The van der Waals surface area contributed by atoms with Crippen molar-refractivity contribution in [1.29, 1.82) is 0 Å². The van der Waals surface area contributed by atoms with E-state index in [2.05, 4.69) is 4.99 Å². The van der Waals surface area contributed by atoms with Crippen molar-refractivity contribution in [3.05, 3.63) is 29.8 Å². The number of aliphatic carboxylic acids is 1. The fourth-order valence-corrected chi connectivity index (χ4v) is 2.67. The van der Waals surface area contributed by atoms with Crippen molar-refractivity contribution in [2.45, 2.75) is 25.7 Å². The number of para-hydroxylation sites is 1. The number of hydrogen-bond donors (Lipinski definition) is 1. The molecule has 4 heteroatoms. The third-order valence-corrected chi connectivity index (χ3v) is 3.93. The zero-order valence-electron chi connectivity index (χ0n) is 11.8. The molecule has 1 aliphatic rings. The molecule has 0 amide bonds. The second-order valence-electron chi connectivity index (χ2n) is 5.29. The van der Waals surface area contributed by atoms with Crippen LogP contribution < -0.4 is 4.74 Å². The van der Waals surface area contributed by atoms with Gasteiger partial charge in [0, 0.05) is 18.3 Å². The van der Waals surface area contributed by atoms with Crippen molar-refractivity contribution in [1.82, 2.24) is 0 Å². The lowest BCUT2D eigenvalue weighted by Gasteiger charge is -2.24. The van der Waals surface area contributed by atoms with Crippen molar-refractivity contribution in [3.8, 4) is 5.75 Å². The van der Waals surface area contributed by atoms with Crippen LogP contribution in [0.25, 0.3) is 0 Å². The molecule has 1 N–H and O–H groups in total. The smallest absolute Gasteiger partial charge is 0.306 e. The van der Waals surface area contributed by atoms with E-state index in [4.69, 9.17) is 9.84 Å². The number of benzene rings is 1. The van der Waals surface area contributed by atoms with Gasteiger partial charge in [-0.2, -0.15) is 0 Å². The summed E-state index contributed by atoms with van der Waals surface area (Å²) in [6, 6.07) is 7.79. The van der Waals surface area contributed by atoms with Crippen LogP contribution >= 0.6 is 0 Å². The lowest BCUT2D eigenvalue weighted by molar-refractivity contribution is -0.143. The highest BCUT2D eigenvalue weighted by Crippen LogP contribution is 2.29. The highest BCUT2D eigenvalue weighted by molar-refractivity contribution is 5.83. The van der Waals surface area contributed by atoms with Crippen LogP contribution in [0.3, 0.4) is 0 Å². The molecule has 1 aromatic rings. The van der Waals surface area contributed by atoms with Gasteiger partial charge < -0.3 is 9.84 Å². The molecule has 0 unspecified atom stereocenters. The van der Waals surface area contributed by atoms with Crippen molar-refractivity contribution in [3.63, 3.8) is 0 Å². The summed E-state index contributed by atoms with van der Waals surface area (Å²) in [6.45, 7) is 0.768. The third kappa shape index (κ3) is 3.83. The molecule has 1 saturated carbocycles. The number of carboxylic acids is 1. The SMILES string of the molecule is COc1ccccc1C=NCC1CCC(C(=O)O)CC1. The van der Waals surface area contributed by atoms with E-state index in [0.29, 0.717) is 5.92 Å². The molecule has 1 aliphatic carbocycles. The van der Waals surface area contributed by atoms with Gasteiger partial charge in [-0.3, -0.25) is 9.79 Å². The van der Waals surface area contributed by atoms with Crippen molar-refractivity contribution in [2.75, 3.05) is 13.7 Å². The number of carboxylic acid groups (broad SMARTS) is 1. The number of hydrogen-bond acceptors (Lipinski definition) is 3. The predicted molar refractivity (Wildman–Crippen MR) is 78.5 cm³/mol. The number of carbonyl (C=O) groups is 1. The monoisotopic (exact) mass is 275 g/mol. The topological polar surface area (TPSA) is 58.9 Å². The molecule has 0 bridgehead atoms. The van der Waals surface area contributed by atoms with Crippen LogP contribution in [0.4, 0.5) is 0 Å². The highest BCUT2D eigenvalue weighted by atomic mass is 16.5. The van der Waals surface area contributed by atoms with Gasteiger partial charge in [-0.1, -0.05) is 12.1 Å². The van der Waals surface area contributed by atoms with Crippen LogP contribution in [-0.2, 0) is 4.79 Å². The third-order valence-electron chi connectivity index (χ3n) is 3.93. The Labute approximate surface area is 119 Å². The molecule has 20 heavy (non-hydrogen) atoms. The number of nitrogens with zero attached hydrogens (tertiary/aromatic N) is 1. The molecule has 0 radical (unpaired) electrons. The molecule has 0 aromatic heterocycles. The van der Waals surface area contributed by atoms with Gasteiger partial charge in [0.15, 0.2) is 0 Å². The van der Waals surface area contributed by atoms with Crippen LogP contribution in [0.5, 0.6) is 5.75 Å². The van der Waals surface area contributed by atoms with Crippen molar-refractivity contribution >= 4 is 12.2 Å². The first-order chi connectivity index (χ1) is 9.70. The Kier molecular flexibility index (Phi) is 5.16. The fourth-order valence-electron chi connectivity index (χ4n) is 2.67. The first kappa shape index (κ1) is 14.6. The van der Waals surface area contributed by atoms with Crippen LogP contribution in [0.15, 0.2) is 29.3 Å². The van der Waals surface area contributed by atoms with Crippen LogP contribution in [0.1, 0.15) is 31.2 Å². The van der Waals surface area contributed by atoms with Crippen LogP contribution in [0, 0.1) is 11.8 Å². The van der Waals surface area contributed by atoms with Gasteiger partial charge >= 0.3 is 5.97 Å². The molecule has 0 atom stereocenters. The van der Waals surface area contributed by atoms with Gasteiger partial charge in [-0.05, 0) is 43.7 Å². The molecule has 0 spiro atoms. The summed E-state index contributed by atoms with van der Waals surface area (Å²) in [5.41, 5.74) is 0.981. The van der Waals surface area contributed by atoms with E-state index in [9.17, 15) is 4.79 Å². The van der Waals surface area contributed by atoms with E-state index in [1.165, 1.54) is 0 Å². The van der Waals surface area contributed by atoms with Gasteiger partial charge in [0.05, 0.1) is 13.0 Å². The molecule has 0 saturated heterocycles. The summed E-state index contributed by atoms with van der Waals surface area (Å²) in [4.78, 5) is 15.4. The van der Waals surface area contributed by atoms with E-state index in [1.807, 2.05) is 30.5 Å². The molecule has 2 rings (SSSR count). The number of rotatable bonds is 5. The maximum absolute atomic E-state index is 10.9. The van der Waals surface area contributed by atoms with E-state index >= 15 is 0 Å². The summed E-state index contributed by atoms with van der Waals surface area (Å²) in [5, 5.41) is 8.96. The second-order valence-corrected chi connectivity index (χ2v) is 5.29. The molecule has 1 fully saturated rings. The van der Waals surface area contributed by atoms with E-state index in [0.717, 1.165) is 43.5 Å². The number of ether oxygens (including phenoxy) is 1. The number of methoxy groups -OCH3 is 1. The van der Waals surface area contributed by atoms with E-state index in [1.54, 1.807) is 7.11 Å². The van der Waals surface area contributed by atoms with Gasteiger partial charge in [0.1, 0.15) is 5.75 Å². The molecular weight excluding hydrogens is 254 g/mol. The Morgan fingerprint density at radius 1 is 1.35 bits per heavy atom. The first-order valence-electron chi connectivity index (χ1n) is 7.06. The molecule has 1 aromatic carbocycles. The predicted octanol–water partition coefficient (Wildman–Crippen LogP) is 3.01. The lowest BCUT2D eigenvalue weighted by Crippen LogP contribution is -2.22. The Hall–Kier alpha value is -1.84. The minimum absolute atomic E-state index is 0.149. The summed E-state index contributed by atoms with van der Waals surface area (Å²) in [6.07, 6.45) is 5.33. The van der Waals surface area contributed by atoms with Gasteiger partial charge in [0.2, 0.25) is 0 Å². The zero-order valence-corrected chi connectivity index (χ0v) is 11.8. The lowest BCUT2D eigenvalue weighted by atomic mass is 9.82. The average molecular weight is 275 g/mol. The zero-order chi connectivity index (χ0) is 14.4. The minimum atomic E-state index is -0.652. The quantitative estimate of drug-likeness (QED) is 0.840. The van der Waals surface area contributed by atoms with Crippen molar-refractivity contribution < 1.29 is 14.6 Å². The first-order valence-corrected chi connectivity index (χ1v) is 7.06. The maximum Gasteiger partial charge on any atom is 0.306 e. The fraction of sp³-hybridized carbons (Fsp3) is 0.500. The second kappa shape index (κ2) is 7.08. The Bertz CT molecular complexity index is 476.